The lowest BCUT2D eigenvalue weighted by atomic mass is 10.7. The van der Waals surface area contributed by atoms with Crippen LogP contribution in [-0.2, 0) is 14.3 Å². The van der Waals surface area contributed by atoms with Gasteiger partial charge in [0.15, 0.2) is 6.79 Å². The van der Waals surface area contributed by atoms with Crippen LogP contribution in [0.2, 0.25) is 0 Å². The second kappa shape index (κ2) is 4.55. The Morgan fingerprint density at radius 3 is 2.75 bits per heavy atom. The first-order valence-electron chi connectivity index (χ1n) is 2.16. The molecule has 4 heteroatoms. The van der Waals surface area contributed by atoms with E-state index in [1.54, 1.807) is 0 Å². The third-order valence-corrected chi connectivity index (χ3v) is 0.504. The number of methoxy groups -OCH3 is 1. The second-order valence-electron chi connectivity index (χ2n) is 1.13. The third-order valence-electron chi connectivity index (χ3n) is 0.504. The molecule has 0 aliphatic carbocycles. The molecule has 0 amide bonds. The molecule has 0 rings (SSSR count). The van der Waals surface area contributed by atoms with Crippen LogP contribution in [0.3, 0.4) is 0 Å². The Balaban J connectivity index is 2.99. The van der Waals surface area contributed by atoms with Crippen LogP contribution in [0.4, 0.5) is 0 Å². The molecule has 8 heavy (non-hydrogen) atoms. The monoisotopic (exact) mass is 119 g/mol. The predicted molar refractivity (Wildman–Crippen MR) is 27.0 cm³/mol. The summed E-state index contributed by atoms with van der Waals surface area (Å²) >= 11 is 0. The van der Waals surface area contributed by atoms with Gasteiger partial charge in [-0.3, -0.25) is 4.79 Å². The van der Waals surface area contributed by atoms with Gasteiger partial charge in [0.05, 0.1) is 6.54 Å². The van der Waals surface area contributed by atoms with Gasteiger partial charge in [0.2, 0.25) is 0 Å². The molecule has 0 unspecified atom stereocenters. The standard InChI is InChI=1S/C4H9NO3/c1-7-3-8-4(6)2-5/h2-3,5H2,1H3. The molecule has 0 bridgehead atoms. The minimum atomic E-state index is -0.452. The summed E-state index contributed by atoms with van der Waals surface area (Å²) in [6.07, 6.45) is 0. The molecule has 0 aliphatic rings. The zero-order valence-electron chi connectivity index (χ0n) is 4.72. The van der Waals surface area contributed by atoms with E-state index < -0.39 is 5.97 Å². The van der Waals surface area contributed by atoms with Crippen molar-refractivity contribution in [1.82, 2.24) is 0 Å². The van der Waals surface area contributed by atoms with Crippen LogP contribution in [0, 0.1) is 0 Å². The summed E-state index contributed by atoms with van der Waals surface area (Å²) in [5.74, 6) is -0.452. The van der Waals surface area contributed by atoms with Crippen molar-refractivity contribution in [3.8, 4) is 0 Å². The van der Waals surface area contributed by atoms with Crippen molar-refractivity contribution >= 4 is 5.97 Å². The first-order chi connectivity index (χ1) is 3.81. The molecule has 0 radical (unpaired) electrons. The predicted octanol–water partition coefficient (Wildman–Crippen LogP) is -0.908. The molecule has 0 fully saturated rings. The molecule has 0 aromatic rings. The quantitative estimate of drug-likeness (QED) is 0.386. The van der Waals surface area contributed by atoms with E-state index in [-0.39, 0.29) is 13.3 Å². The van der Waals surface area contributed by atoms with Gasteiger partial charge >= 0.3 is 5.97 Å². The smallest absolute Gasteiger partial charge is 0.321 e. The molecule has 4 nitrogen and oxygen atoms in total. The number of hydrogen-bond donors (Lipinski definition) is 1. The first-order valence-corrected chi connectivity index (χ1v) is 2.16. The minimum absolute atomic E-state index is 0.0178. The van der Waals surface area contributed by atoms with Crippen molar-refractivity contribution in [1.29, 1.82) is 0 Å². The number of rotatable bonds is 3. The van der Waals surface area contributed by atoms with Crippen LogP contribution in [0.5, 0.6) is 0 Å². The van der Waals surface area contributed by atoms with Gasteiger partial charge in [-0.05, 0) is 0 Å². The minimum Gasteiger partial charge on any atom is -0.438 e. The fourth-order valence-electron chi connectivity index (χ4n) is 0.184. The summed E-state index contributed by atoms with van der Waals surface area (Å²) in [5, 5.41) is 0. The normalized spacial score (nSPS) is 8.75. The summed E-state index contributed by atoms with van der Waals surface area (Å²) in [7, 11) is 1.43. The zero-order chi connectivity index (χ0) is 6.41. The van der Waals surface area contributed by atoms with Crippen molar-refractivity contribution in [2.24, 2.45) is 5.73 Å². The Kier molecular flexibility index (Phi) is 4.20. The molecule has 0 heterocycles. The summed E-state index contributed by atoms with van der Waals surface area (Å²) in [6.45, 7) is -0.112. The largest absolute Gasteiger partial charge is 0.438 e. The number of esters is 1. The van der Waals surface area contributed by atoms with E-state index in [1.165, 1.54) is 7.11 Å². The lowest BCUT2D eigenvalue weighted by molar-refractivity contribution is -0.152. The van der Waals surface area contributed by atoms with Crippen molar-refractivity contribution in [3.05, 3.63) is 0 Å². The molecule has 48 valence electrons. The molecule has 0 atom stereocenters. The van der Waals surface area contributed by atoms with E-state index in [9.17, 15) is 4.79 Å². The maximum absolute atomic E-state index is 10.1. The van der Waals surface area contributed by atoms with Gasteiger partial charge in [-0.1, -0.05) is 0 Å². The second-order valence-corrected chi connectivity index (χ2v) is 1.13. The average molecular weight is 119 g/mol. The molecular formula is C4H9NO3. The number of nitrogens with two attached hydrogens (primary N) is 1. The van der Waals surface area contributed by atoms with Gasteiger partial charge in [-0.25, -0.2) is 0 Å². The summed E-state index contributed by atoms with van der Waals surface area (Å²) < 4.78 is 8.77. The third kappa shape index (κ3) is 3.58. The summed E-state index contributed by atoms with van der Waals surface area (Å²) in [6, 6.07) is 0. The van der Waals surface area contributed by atoms with E-state index in [2.05, 4.69) is 9.47 Å². The lowest BCUT2D eigenvalue weighted by Crippen LogP contribution is -2.17. The number of hydrogen-bond acceptors (Lipinski definition) is 4. The van der Waals surface area contributed by atoms with Crippen LogP contribution in [0.15, 0.2) is 0 Å². The molecule has 0 aliphatic heterocycles. The van der Waals surface area contributed by atoms with Crippen LogP contribution >= 0.6 is 0 Å². The average Bonchev–Trinajstić information content (AvgIpc) is 1.83. The highest BCUT2D eigenvalue weighted by molar-refractivity contribution is 5.71. The highest BCUT2D eigenvalue weighted by atomic mass is 16.7. The molecule has 0 spiro atoms. The van der Waals surface area contributed by atoms with Gasteiger partial charge in [0, 0.05) is 7.11 Å². The van der Waals surface area contributed by atoms with Gasteiger partial charge in [-0.15, -0.1) is 0 Å². The Morgan fingerprint density at radius 1 is 1.75 bits per heavy atom. The summed E-state index contributed by atoms with van der Waals surface area (Å²) in [4.78, 5) is 10.1. The fraction of sp³-hybridized carbons (Fsp3) is 0.750. The first kappa shape index (κ1) is 7.39. The van der Waals surface area contributed by atoms with Gasteiger partial charge < -0.3 is 15.2 Å². The highest BCUT2D eigenvalue weighted by Crippen LogP contribution is 1.73. The van der Waals surface area contributed by atoms with E-state index >= 15 is 0 Å². The Labute approximate surface area is 47.6 Å². The molecule has 0 aromatic carbocycles. The maximum atomic E-state index is 10.1. The van der Waals surface area contributed by atoms with Crippen LogP contribution in [-0.4, -0.2) is 26.4 Å². The Bertz CT molecular complexity index is 73.7. The van der Waals surface area contributed by atoms with E-state index in [0.717, 1.165) is 0 Å². The van der Waals surface area contributed by atoms with Gasteiger partial charge in [0.25, 0.3) is 0 Å². The molecule has 0 saturated heterocycles. The van der Waals surface area contributed by atoms with E-state index in [1.807, 2.05) is 0 Å². The summed E-state index contributed by atoms with van der Waals surface area (Å²) in [5.41, 5.74) is 4.88. The van der Waals surface area contributed by atoms with Gasteiger partial charge in [0.1, 0.15) is 0 Å². The Hall–Kier alpha value is -0.610. The Morgan fingerprint density at radius 2 is 2.38 bits per heavy atom. The van der Waals surface area contributed by atoms with Gasteiger partial charge in [-0.2, -0.15) is 0 Å². The van der Waals surface area contributed by atoms with E-state index in [4.69, 9.17) is 5.73 Å². The lowest BCUT2D eigenvalue weighted by Gasteiger charge is -1.97. The fourth-order valence-corrected chi connectivity index (χ4v) is 0.184. The SMILES string of the molecule is COCOC(=O)CN. The van der Waals surface area contributed by atoms with Crippen molar-refractivity contribution in [2.45, 2.75) is 0 Å². The number of carbonyl (C=O) groups excluding carboxylic acids is 1. The number of ether oxygens (including phenoxy) is 2. The molecule has 0 aromatic heterocycles. The molecular weight excluding hydrogens is 110 g/mol. The topological polar surface area (TPSA) is 61.5 Å². The number of carbonyl (C=O) groups is 1. The van der Waals surface area contributed by atoms with Crippen molar-refractivity contribution < 1.29 is 14.3 Å². The molecule has 0 saturated carbocycles. The van der Waals surface area contributed by atoms with Crippen LogP contribution in [0.1, 0.15) is 0 Å². The van der Waals surface area contributed by atoms with Crippen molar-refractivity contribution in [2.75, 3.05) is 20.4 Å². The van der Waals surface area contributed by atoms with Crippen LogP contribution in [0.25, 0.3) is 0 Å². The van der Waals surface area contributed by atoms with Crippen molar-refractivity contribution in [3.63, 3.8) is 0 Å². The van der Waals surface area contributed by atoms with Crippen LogP contribution < -0.4 is 5.73 Å². The maximum Gasteiger partial charge on any atom is 0.321 e. The van der Waals surface area contributed by atoms with E-state index in [0.29, 0.717) is 0 Å². The zero-order valence-corrected chi connectivity index (χ0v) is 4.72. The highest BCUT2D eigenvalue weighted by Gasteiger charge is 1.93. The molecule has 2 N–H and O–H groups in total.